The number of hydrogen-bond donors (Lipinski definition) is 1. The van der Waals surface area contributed by atoms with Crippen LogP contribution in [0, 0.1) is 0 Å². The van der Waals surface area contributed by atoms with Crippen LogP contribution in [0.3, 0.4) is 0 Å². The van der Waals surface area contributed by atoms with Gasteiger partial charge in [-0.25, -0.2) is 4.98 Å². The summed E-state index contributed by atoms with van der Waals surface area (Å²) in [5.41, 5.74) is 1.62. The molecule has 3 rings (SSSR count). The number of nitrogens with zero attached hydrogens (tertiary/aromatic N) is 3. The molecule has 104 valence electrons. The van der Waals surface area contributed by atoms with E-state index in [2.05, 4.69) is 15.3 Å². The van der Waals surface area contributed by atoms with Crippen molar-refractivity contribution in [2.45, 2.75) is 18.9 Å². The van der Waals surface area contributed by atoms with E-state index >= 15 is 0 Å². The maximum atomic E-state index is 12.5. The lowest BCUT2D eigenvalue weighted by Gasteiger charge is -2.24. The van der Waals surface area contributed by atoms with Crippen LogP contribution >= 0.6 is 11.3 Å². The van der Waals surface area contributed by atoms with Crippen molar-refractivity contribution < 1.29 is 4.79 Å². The summed E-state index contributed by atoms with van der Waals surface area (Å²) in [6.07, 6.45) is 5.39. The van der Waals surface area contributed by atoms with Crippen molar-refractivity contribution in [2.24, 2.45) is 0 Å². The number of anilines is 1. The van der Waals surface area contributed by atoms with Crippen molar-refractivity contribution >= 4 is 23.1 Å². The molecule has 0 aliphatic carbocycles. The molecule has 1 amide bonds. The number of amides is 1. The summed E-state index contributed by atoms with van der Waals surface area (Å²) in [6, 6.07) is 1.90. The lowest BCUT2D eigenvalue weighted by atomic mass is 10.1. The van der Waals surface area contributed by atoms with E-state index < -0.39 is 0 Å². The molecule has 1 atom stereocenters. The average Bonchev–Trinajstić information content (AvgIpc) is 3.17. The van der Waals surface area contributed by atoms with E-state index in [-0.39, 0.29) is 11.9 Å². The molecule has 2 aromatic rings. The number of thiophene rings is 1. The zero-order chi connectivity index (χ0) is 13.9. The minimum atomic E-state index is 0.0307. The zero-order valence-electron chi connectivity index (χ0n) is 11.2. The molecule has 0 radical (unpaired) electrons. The molecule has 1 aliphatic heterocycles. The monoisotopic (exact) mass is 288 g/mol. The molecule has 0 saturated carbocycles. The molecule has 0 unspecified atom stereocenters. The van der Waals surface area contributed by atoms with E-state index in [0.717, 1.165) is 36.5 Å². The minimum absolute atomic E-state index is 0.0307. The van der Waals surface area contributed by atoms with Crippen LogP contribution in [0.25, 0.3) is 0 Å². The highest BCUT2D eigenvalue weighted by Crippen LogP contribution is 2.32. The van der Waals surface area contributed by atoms with Crippen LogP contribution in [-0.4, -0.2) is 34.4 Å². The van der Waals surface area contributed by atoms with E-state index in [0.29, 0.717) is 0 Å². The maximum absolute atomic E-state index is 12.5. The fourth-order valence-corrected chi connectivity index (χ4v) is 3.16. The Hall–Kier alpha value is -1.95. The highest BCUT2D eigenvalue weighted by Gasteiger charge is 2.31. The van der Waals surface area contributed by atoms with Gasteiger partial charge in [-0.05, 0) is 24.3 Å². The summed E-state index contributed by atoms with van der Waals surface area (Å²) in [5, 5.41) is 6.81. The number of carbonyl (C=O) groups excluding carboxylic acids is 1. The predicted molar refractivity (Wildman–Crippen MR) is 78.9 cm³/mol. The summed E-state index contributed by atoms with van der Waals surface area (Å²) in [5.74, 6) is 0.822. The third-order valence-electron chi connectivity index (χ3n) is 3.53. The standard InChI is InChI=1S/C14H16N4OS/c1-15-13-8-16-7-11(17-13)12-3-2-5-18(12)14(19)10-4-6-20-9-10/h4,6-9,12H,2-3,5H2,1H3,(H,15,17)/t12-/m0/s1. The van der Waals surface area contributed by atoms with Crippen LogP contribution in [0.4, 0.5) is 5.82 Å². The molecule has 1 saturated heterocycles. The molecule has 5 nitrogen and oxygen atoms in total. The molecule has 0 aromatic carbocycles. The zero-order valence-corrected chi connectivity index (χ0v) is 12.1. The summed E-state index contributed by atoms with van der Waals surface area (Å²) in [7, 11) is 1.82. The van der Waals surface area contributed by atoms with Gasteiger partial charge in [0.2, 0.25) is 0 Å². The van der Waals surface area contributed by atoms with Gasteiger partial charge in [-0.3, -0.25) is 9.78 Å². The fraction of sp³-hybridized carbons (Fsp3) is 0.357. The van der Waals surface area contributed by atoms with E-state index in [9.17, 15) is 4.79 Å². The summed E-state index contributed by atoms with van der Waals surface area (Å²) in [4.78, 5) is 23.1. The number of hydrogen-bond acceptors (Lipinski definition) is 5. The number of rotatable bonds is 3. The molecule has 1 aliphatic rings. The van der Waals surface area contributed by atoms with Gasteiger partial charge < -0.3 is 10.2 Å². The highest BCUT2D eigenvalue weighted by molar-refractivity contribution is 7.08. The molecule has 2 aromatic heterocycles. The Balaban J connectivity index is 1.86. The topological polar surface area (TPSA) is 58.1 Å². The van der Waals surface area contributed by atoms with E-state index in [1.54, 1.807) is 23.7 Å². The molecule has 0 bridgehead atoms. The quantitative estimate of drug-likeness (QED) is 0.943. The lowest BCUT2D eigenvalue weighted by Crippen LogP contribution is -2.30. The normalized spacial score (nSPS) is 18.2. The van der Waals surface area contributed by atoms with Gasteiger partial charge in [0, 0.05) is 19.0 Å². The van der Waals surface area contributed by atoms with Gasteiger partial charge in [0.25, 0.3) is 5.91 Å². The second-order valence-corrected chi connectivity index (χ2v) is 5.53. The molecule has 20 heavy (non-hydrogen) atoms. The molecule has 0 spiro atoms. The SMILES string of the molecule is CNc1cncc([C@@H]2CCCN2C(=O)c2ccsc2)n1. The number of carbonyl (C=O) groups is 1. The van der Waals surface area contributed by atoms with E-state index in [1.165, 1.54) is 0 Å². The van der Waals surface area contributed by atoms with Crippen molar-refractivity contribution in [3.8, 4) is 0 Å². The Morgan fingerprint density at radius 1 is 1.50 bits per heavy atom. The molecular weight excluding hydrogens is 272 g/mol. The van der Waals surface area contributed by atoms with E-state index in [1.807, 2.05) is 28.8 Å². The van der Waals surface area contributed by atoms with Crippen LogP contribution in [0.1, 0.15) is 34.9 Å². The Morgan fingerprint density at radius 3 is 3.15 bits per heavy atom. The van der Waals surface area contributed by atoms with Crippen LogP contribution in [-0.2, 0) is 0 Å². The van der Waals surface area contributed by atoms with Crippen molar-refractivity contribution in [2.75, 3.05) is 18.9 Å². The molecule has 1 fully saturated rings. The first kappa shape index (κ1) is 13.1. The van der Waals surface area contributed by atoms with Gasteiger partial charge in [0.1, 0.15) is 5.82 Å². The number of nitrogens with one attached hydrogen (secondary N) is 1. The van der Waals surface area contributed by atoms with Gasteiger partial charge in [-0.15, -0.1) is 0 Å². The second kappa shape index (κ2) is 5.58. The predicted octanol–water partition coefficient (Wildman–Crippen LogP) is 2.56. The van der Waals surface area contributed by atoms with Gasteiger partial charge in [0.15, 0.2) is 0 Å². The van der Waals surface area contributed by atoms with E-state index in [4.69, 9.17) is 0 Å². The Labute approximate surface area is 121 Å². The summed E-state index contributed by atoms with van der Waals surface area (Å²) < 4.78 is 0. The van der Waals surface area contributed by atoms with Gasteiger partial charge in [-0.2, -0.15) is 11.3 Å². The minimum Gasteiger partial charge on any atom is -0.372 e. The first-order chi connectivity index (χ1) is 9.79. The van der Waals surface area contributed by atoms with Crippen LogP contribution < -0.4 is 5.32 Å². The largest absolute Gasteiger partial charge is 0.372 e. The van der Waals surface area contributed by atoms with Crippen LogP contribution in [0.15, 0.2) is 29.2 Å². The number of likely N-dealkylation sites (tertiary alicyclic amines) is 1. The lowest BCUT2D eigenvalue weighted by molar-refractivity contribution is 0.0733. The molecular formula is C14H16N4OS. The third kappa shape index (κ3) is 2.38. The molecule has 1 N–H and O–H groups in total. The van der Waals surface area contributed by atoms with Gasteiger partial charge in [-0.1, -0.05) is 0 Å². The third-order valence-corrected chi connectivity index (χ3v) is 4.22. The fourth-order valence-electron chi connectivity index (χ4n) is 2.53. The first-order valence-electron chi connectivity index (χ1n) is 6.62. The van der Waals surface area contributed by atoms with Crippen LogP contribution in [0.5, 0.6) is 0 Å². The van der Waals surface area contributed by atoms with Gasteiger partial charge in [0.05, 0.1) is 29.7 Å². The Morgan fingerprint density at radius 2 is 2.40 bits per heavy atom. The van der Waals surface area contributed by atoms with Crippen molar-refractivity contribution in [1.82, 2.24) is 14.9 Å². The Kier molecular flexibility index (Phi) is 3.64. The van der Waals surface area contributed by atoms with Crippen molar-refractivity contribution in [1.29, 1.82) is 0 Å². The summed E-state index contributed by atoms with van der Waals surface area (Å²) >= 11 is 1.54. The van der Waals surface area contributed by atoms with Gasteiger partial charge >= 0.3 is 0 Å². The number of aromatic nitrogens is 2. The average molecular weight is 288 g/mol. The smallest absolute Gasteiger partial charge is 0.255 e. The first-order valence-corrected chi connectivity index (χ1v) is 7.56. The summed E-state index contributed by atoms with van der Waals surface area (Å²) in [6.45, 7) is 0.783. The second-order valence-electron chi connectivity index (χ2n) is 4.75. The molecule has 3 heterocycles. The van der Waals surface area contributed by atoms with Crippen LogP contribution in [0.2, 0.25) is 0 Å². The Bertz CT molecular complexity index is 599. The maximum Gasteiger partial charge on any atom is 0.255 e. The van der Waals surface area contributed by atoms with Crippen molar-refractivity contribution in [3.05, 3.63) is 40.5 Å². The van der Waals surface area contributed by atoms with Crippen molar-refractivity contribution in [3.63, 3.8) is 0 Å². The molecule has 6 heteroatoms. The highest BCUT2D eigenvalue weighted by atomic mass is 32.1.